The van der Waals surface area contributed by atoms with Gasteiger partial charge in [-0.05, 0) is 75.3 Å². The molecule has 3 N–H and O–H groups in total. The Kier molecular flexibility index (Phi) is 9.75. The highest BCUT2D eigenvalue weighted by Gasteiger charge is 2.30. The van der Waals surface area contributed by atoms with Gasteiger partial charge in [0.2, 0.25) is 5.91 Å². The summed E-state index contributed by atoms with van der Waals surface area (Å²) in [6.07, 6.45) is 0.150. The molecule has 0 bridgehead atoms. The van der Waals surface area contributed by atoms with Crippen molar-refractivity contribution in [2.75, 3.05) is 35.4 Å². The molecule has 2 amide bonds. The summed E-state index contributed by atoms with van der Waals surface area (Å²) in [5, 5.41) is 19.9. The van der Waals surface area contributed by atoms with E-state index in [4.69, 9.17) is 21.7 Å². The van der Waals surface area contributed by atoms with Gasteiger partial charge in [-0.3, -0.25) is 4.79 Å². The second-order valence-corrected chi connectivity index (χ2v) is 12.7. The van der Waals surface area contributed by atoms with Crippen molar-refractivity contribution in [1.82, 2.24) is 4.90 Å². The Morgan fingerprint density at radius 2 is 1.93 bits per heavy atom. The Morgan fingerprint density at radius 3 is 2.66 bits per heavy atom. The van der Waals surface area contributed by atoms with Gasteiger partial charge < -0.3 is 30.3 Å². The number of thiophene rings is 1. The maximum absolute atomic E-state index is 12.8. The van der Waals surface area contributed by atoms with Crippen LogP contribution in [-0.4, -0.2) is 47.0 Å². The predicted octanol–water partition coefficient (Wildman–Crippen LogP) is 6.46. The lowest BCUT2D eigenvalue weighted by molar-refractivity contribution is -0.113. The van der Waals surface area contributed by atoms with E-state index in [-0.39, 0.29) is 17.8 Å². The number of nitrogens with zero attached hydrogens (tertiary/aromatic N) is 2. The normalized spacial score (nSPS) is 12.5. The molecular formula is C29H31N5O4S3. The van der Waals surface area contributed by atoms with Crippen molar-refractivity contribution in [1.29, 1.82) is 5.26 Å². The topological polar surface area (TPSA) is 116 Å². The smallest absolute Gasteiger partial charge is 0.410 e. The molecule has 0 unspecified atom stereocenters. The quantitative estimate of drug-likeness (QED) is 0.205. The summed E-state index contributed by atoms with van der Waals surface area (Å²) in [7, 11) is 1.60. The van der Waals surface area contributed by atoms with Crippen LogP contribution in [0.1, 0.15) is 36.8 Å². The van der Waals surface area contributed by atoms with Gasteiger partial charge in [-0.25, -0.2) is 4.79 Å². The molecule has 4 rings (SSSR count). The highest BCUT2D eigenvalue weighted by Crippen LogP contribution is 2.37. The molecule has 0 aliphatic carbocycles. The molecule has 1 aromatic heterocycles. The average molecular weight is 610 g/mol. The van der Waals surface area contributed by atoms with Crippen LogP contribution in [-0.2, 0) is 22.5 Å². The van der Waals surface area contributed by atoms with E-state index >= 15 is 0 Å². The number of para-hydroxylation sites is 2. The van der Waals surface area contributed by atoms with E-state index in [1.807, 2.05) is 69.3 Å². The van der Waals surface area contributed by atoms with Gasteiger partial charge in [0.1, 0.15) is 22.4 Å². The maximum Gasteiger partial charge on any atom is 0.410 e. The number of anilines is 3. The average Bonchev–Trinajstić information content (AvgIpc) is 3.27. The van der Waals surface area contributed by atoms with Gasteiger partial charge in [-0.2, -0.15) is 5.26 Å². The van der Waals surface area contributed by atoms with Crippen LogP contribution >= 0.6 is 35.3 Å². The zero-order chi connectivity index (χ0) is 29.6. The number of amides is 2. The Balaban J connectivity index is 1.33. The van der Waals surface area contributed by atoms with Crippen LogP contribution in [0.25, 0.3) is 0 Å². The number of rotatable bonds is 7. The number of nitrogens with one attached hydrogen (secondary N) is 3. The standard InChI is InChI=1S/C29H31N5O4S3/c1-29(2,3)38-28(36)34-13-12-20-21(15-30)26(41-24(20)16-34)33-25(35)17-40-19-9-7-8-18(14-19)31-27(39)32-22-10-5-6-11-23(22)37-4/h5-11,14H,12-13,16-17H2,1-4H3,(H,33,35)(H2,31,32,39). The van der Waals surface area contributed by atoms with Crippen LogP contribution in [0.3, 0.4) is 0 Å². The molecule has 0 spiro atoms. The number of methoxy groups -OCH3 is 1. The highest BCUT2D eigenvalue weighted by molar-refractivity contribution is 8.00. The fraction of sp³-hybridized carbons (Fsp3) is 0.310. The molecule has 12 heteroatoms. The number of carbonyl (C=O) groups is 2. The number of carbonyl (C=O) groups excluding carboxylic acids is 2. The third-order valence-corrected chi connectivity index (χ3v) is 8.22. The summed E-state index contributed by atoms with van der Waals surface area (Å²) in [5.74, 6) is 0.615. The van der Waals surface area contributed by atoms with Gasteiger partial charge in [-0.1, -0.05) is 18.2 Å². The first kappa shape index (κ1) is 30.2. The SMILES string of the molecule is COc1ccccc1NC(=S)Nc1cccc(SCC(=O)Nc2sc3c(c2C#N)CCN(C(=O)OC(C)(C)C)C3)c1. The number of ether oxygens (including phenoxy) is 2. The van der Waals surface area contributed by atoms with Crippen molar-refractivity contribution in [3.8, 4) is 11.8 Å². The number of hydrogen-bond donors (Lipinski definition) is 3. The van der Waals surface area contributed by atoms with Gasteiger partial charge in [0.15, 0.2) is 5.11 Å². The number of fused-ring (bicyclic) bond motifs is 1. The second kappa shape index (κ2) is 13.2. The molecule has 1 aliphatic heterocycles. The van der Waals surface area contributed by atoms with Crippen molar-refractivity contribution < 1.29 is 19.1 Å². The summed E-state index contributed by atoms with van der Waals surface area (Å²) in [4.78, 5) is 28.8. The molecule has 3 aromatic rings. The summed E-state index contributed by atoms with van der Waals surface area (Å²) < 4.78 is 10.8. The van der Waals surface area contributed by atoms with E-state index in [9.17, 15) is 14.9 Å². The lowest BCUT2D eigenvalue weighted by Gasteiger charge is -2.29. The van der Waals surface area contributed by atoms with Crippen molar-refractivity contribution >= 4 is 68.8 Å². The van der Waals surface area contributed by atoms with Crippen molar-refractivity contribution in [2.45, 2.75) is 44.2 Å². The molecule has 0 saturated carbocycles. The first-order valence-electron chi connectivity index (χ1n) is 12.8. The highest BCUT2D eigenvalue weighted by atomic mass is 32.2. The number of thioether (sulfide) groups is 1. The molecule has 0 fully saturated rings. The van der Waals surface area contributed by atoms with Crippen LogP contribution in [0.5, 0.6) is 5.75 Å². The Bertz CT molecular complexity index is 1490. The third-order valence-electron chi connectivity index (χ3n) is 5.89. The summed E-state index contributed by atoms with van der Waals surface area (Å²) in [6, 6.07) is 17.3. The molecule has 1 aliphatic rings. The van der Waals surface area contributed by atoms with Gasteiger partial charge in [-0.15, -0.1) is 23.1 Å². The van der Waals surface area contributed by atoms with Gasteiger partial charge >= 0.3 is 6.09 Å². The van der Waals surface area contributed by atoms with E-state index in [0.29, 0.717) is 40.9 Å². The monoisotopic (exact) mass is 609 g/mol. The second-order valence-electron chi connectivity index (χ2n) is 10.1. The van der Waals surface area contributed by atoms with E-state index in [2.05, 4.69) is 22.0 Å². The molecule has 2 aromatic carbocycles. The van der Waals surface area contributed by atoms with Crippen molar-refractivity contribution in [2.24, 2.45) is 0 Å². The van der Waals surface area contributed by atoms with E-state index in [0.717, 1.165) is 26.7 Å². The number of hydrogen-bond acceptors (Lipinski definition) is 8. The summed E-state index contributed by atoms with van der Waals surface area (Å²) in [6.45, 7) is 6.29. The molecule has 0 radical (unpaired) electrons. The van der Waals surface area contributed by atoms with Crippen LogP contribution in [0.2, 0.25) is 0 Å². The zero-order valence-corrected chi connectivity index (χ0v) is 25.6. The number of nitriles is 1. The molecule has 214 valence electrons. The minimum absolute atomic E-state index is 0.158. The van der Waals surface area contributed by atoms with Crippen LogP contribution in [0.4, 0.5) is 21.2 Å². The minimum Gasteiger partial charge on any atom is -0.495 e. The Hall–Kier alpha value is -3.79. The van der Waals surface area contributed by atoms with Gasteiger partial charge in [0, 0.05) is 22.0 Å². The molecule has 9 nitrogen and oxygen atoms in total. The predicted molar refractivity (Wildman–Crippen MR) is 168 cm³/mol. The largest absolute Gasteiger partial charge is 0.495 e. The molecule has 41 heavy (non-hydrogen) atoms. The fourth-order valence-corrected chi connectivity index (χ4v) is 6.31. The summed E-state index contributed by atoms with van der Waals surface area (Å²) >= 11 is 8.16. The van der Waals surface area contributed by atoms with Gasteiger partial charge in [0.05, 0.1) is 30.7 Å². The van der Waals surface area contributed by atoms with Crippen LogP contribution < -0.4 is 20.7 Å². The minimum atomic E-state index is -0.587. The van der Waals surface area contributed by atoms with E-state index in [1.54, 1.807) is 12.0 Å². The van der Waals surface area contributed by atoms with Crippen LogP contribution in [0, 0.1) is 11.3 Å². The lowest BCUT2D eigenvalue weighted by Crippen LogP contribution is -2.39. The molecule has 2 heterocycles. The van der Waals surface area contributed by atoms with Crippen LogP contribution in [0.15, 0.2) is 53.4 Å². The summed E-state index contributed by atoms with van der Waals surface area (Å²) in [5.41, 5.74) is 2.29. The Labute approximate surface area is 253 Å². The van der Waals surface area contributed by atoms with Crippen molar-refractivity contribution in [3.63, 3.8) is 0 Å². The fourth-order valence-electron chi connectivity index (χ4n) is 4.10. The molecule has 0 saturated heterocycles. The lowest BCUT2D eigenvalue weighted by atomic mass is 10.0. The van der Waals surface area contributed by atoms with E-state index < -0.39 is 5.60 Å². The molecular weight excluding hydrogens is 579 g/mol. The van der Waals surface area contributed by atoms with Gasteiger partial charge in [0.25, 0.3) is 0 Å². The third kappa shape index (κ3) is 8.13. The number of thiocarbonyl (C=S) groups is 1. The zero-order valence-electron chi connectivity index (χ0n) is 23.2. The maximum atomic E-state index is 12.8. The number of benzene rings is 2. The van der Waals surface area contributed by atoms with E-state index in [1.165, 1.54) is 23.1 Å². The first-order chi connectivity index (χ1) is 19.6. The molecule has 0 atom stereocenters. The Morgan fingerprint density at radius 1 is 1.15 bits per heavy atom. The van der Waals surface area contributed by atoms with Crippen molar-refractivity contribution in [3.05, 3.63) is 64.5 Å². The first-order valence-corrected chi connectivity index (χ1v) is 15.0.